The Balaban J connectivity index is 1.92. The predicted octanol–water partition coefficient (Wildman–Crippen LogP) is 4.64. The van der Waals surface area contributed by atoms with Crippen LogP contribution in [0.1, 0.15) is 58.8 Å². The highest BCUT2D eigenvalue weighted by Crippen LogP contribution is 2.40. The van der Waals surface area contributed by atoms with Crippen LogP contribution in [0.4, 0.5) is 13.2 Å². The van der Waals surface area contributed by atoms with Gasteiger partial charge in [0, 0.05) is 19.0 Å². The van der Waals surface area contributed by atoms with E-state index in [1.807, 2.05) is 4.90 Å². The van der Waals surface area contributed by atoms with E-state index in [0.29, 0.717) is 24.7 Å². The van der Waals surface area contributed by atoms with Gasteiger partial charge in [-0.1, -0.05) is 20.3 Å². The van der Waals surface area contributed by atoms with Gasteiger partial charge in [0.2, 0.25) is 5.91 Å². The van der Waals surface area contributed by atoms with Crippen LogP contribution in [0.3, 0.4) is 0 Å². The molecule has 2 aliphatic rings. The summed E-state index contributed by atoms with van der Waals surface area (Å²) >= 11 is 0. The Morgan fingerprint density at radius 2 is 1.91 bits per heavy atom. The third-order valence-electron chi connectivity index (χ3n) is 5.12. The van der Waals surface area contributed by atoms with Crippen molar-refractivity contribution in [2.75, 3.05) is 13.1 Å². The van der Waals surface area contributed by atoms with Gasteiger partial charge in [0.25, 0.3) is 0 Å². The highest BCUT2D eigenvalue weighted by atomic mass is 19.4. The summed E-state index contributed by atoms with van der Waals surface area (Å²) in [6.07, 6.45) is 0.383. The summed E-state index contributed by atoms with van der Waals surface area (Å²) in [6, 6.07) is 0. The molecule has 22 heavy (non-hydrogen) atoms. The normalized spacial score (nSPS) is 30.6. The summed E-state index contributed by atoms with van der Waals surface area (Å²) in [5, 5.41) is 0. The molecule has 0 unspecified atom stereocenters. The lowest BCUT2D eigenvalue weighted by atomic mass is 9.79. The van der Waals surface area contributed by atoms with Gasteiger partial charge in [-0.2, -0.15) is 13.2 Å². The number of carbonyl (C=O) groups is 1. The monoisotopic (exact) mass is 319 g/mol. The maximum Gasteiger partial charge on any atom is 0.391 e. The smallest absolute Gasteiger partial charge is 0.342 e. The minimum atomic E-state index is -4.15. The molecule has 0 N–H and O–H groups in total. The van der Waals surface area contributed by atoms with E-state index in [2.05, 4.69) is 13.8 Å². The van der Waals surface area contributed by atoms with Gasteiger partial charge in [-0.25, -0.2) is 0 Å². The average Bonchev–Trinajstić information content (AvgIpc) is 2.45. The zero-order valence-electron chi connectivity index (χ0n) is 13.7. The molecule has 1 aliphatic carbocycles. The summed E-state index contributed by atoms with van der Waals surface area (Å²) in [7, 11) is 0. The first-order chi connectivity index (χ1) is 10.3. The number of nitrogens with zero attached hydrogens (tertiary/aromatic N) is 1. The molecule has 2 fully saturated rings. The molecule has 1 heterocycles. The van der Waals surface area contributed by atoms with Gasteiger partial charge in [-0.15, -0.1) is 0 Å². The number of piperidine rings is 1. The summed E-state index contributed by atoms with van der Waals surface area (Å²) < 4.78 is 38.7. The lowest BCUT2D eigenvalue weighted by molar-refractivity contribution is -0.187. The number of alkyl halides is 3. The standard InChI is InChI=1S/C17H28F3NO/c1-12(2)9-13-5-4-8-21(11-13)16(22)14-6-3-7-15(10-14)17(18,19)20/h12-15H,3-11H2,1-2H3/t13-,14+,15-/m0/s1. The second-order valence-corrected chi connectivity index (χ2v) is 7.52. The van der Waals surface area contributed by atoms with Gasteiger partial charge in [-0.05, 0) is 50.4 Å². The fraction of sp³-hybridized carbons (Fsp3) is 0.941. The van der Waals surface area contributed by atoms with Gasteiger partial charge in [-0.3, -0.25) is 4.79 Å². The Bertz CT molecular complexity index is 381. The number of rotatable bonds is 3. The number of carbonyl (C=O) groups excluding carboxylic acids is 1. The van der Waals surface area contributed by atoms with Gasteiger partial charge in [0.15, 0.2) is 0 Å². The van der Waals surface area contributed by atoms with E-state index < -0.39 is 18.0 Å². The molecule has 0 bridgehead atoms. The van der Waals surface area contributed by atoms with E-state index in [-0.39, 0.29) is 18.7 Å². The summed E-state index contributed by atoms with van der Waals surface area (Å²) in [5.41, 5.74) is 0. The summed E-state index contributed by atoms with van der Waals surface area (Å²) in [5.74, 6) is -0.615. The number of amides is 1. The van der Waals surface area contributed by atoms with Crippen LogP contribution < -0.4 is 0 Å². The minimum absolute atomic E-state index is 0.00627. The van der Waals surface area contributed by atoms with Gasteiger partial charge < -0.3 is 4.90 Å². The Morgan fingerprint density at radius 1 is 1.18 bits per heavy atom. The van der Waals surface area contributed by atoms with Crippen LogP contribution in [-0.2, 0) is 4.79 Å². The second kappa shape index (κ2) is 7.22. The molecule has 0 spiro atoms. The third-order valence-corrected chi connectivity index (χ3v) is 5.12. The Morgan fingerprint density at radius 3 is 2.55 bits per heavy atom. The van der Waals surface area contributed by atoms with Crippen LogP contribution in [0.15, 0.2) is 0 Å². The largest absolute Gasteiger partial charge is 0.391 e. The minimum Gasteiger partial charge on any atom is -0.342 e. The van der Waals surface area contributed by atoms with E-state index in [0.717, 1.165) is 32.4 Å². The fourth-order valence-electron chi connectivity index (χ4n) is 4.09. The second-order valence-electron chi connectivity index (χ2n) is 7.52. The van der Waals surface area contributed by atoms with Crippen molar-refractivity contribution < 1.29 is 18.0 Å². The summed E-state index contributed by atoms with van der Waals surface area (Å²) in [4.78, 5) is 14.5. The highest BCUT2D eigenvalue weighted by Gasteiger charge is 2.44. The molecule has 0 aromatic rings. The topological polar surface area (TPSA) is 20.3 Å². The first kappa shape index (κ1) is 17.6. The first-order valence-electron chi connectivity index (χ1n) is 8.63. The highest BCUT2D eigenvalue weighted by molar-refractivity contribution is 5.79. The maximum atomic E-state index is 12.9. The SMILES string of the molecule is CC(C)C[C@@H]1CCCN(C(=O)[C@@H]2CCC[C@H](C(F)(F)F)C2)C1. The number of halogens is 3. The van der Waals surface area contributed by atoms with E-state index >= 15 is 0 Å². The number of hydrogen-bond donors (Lipinski definition) is 0. The Kier molecular flexibility index (Phi) is 5.78. The van der Waals surface area contributed by atoms with Crippen LogP contribution in [0.2, 0.25) is 0 Å². The number of hydrogen-bond acceptors (Lipinski definition) is 1. The van der Waals surface area contributed by atoms with E-state index in [1.165, 1.54) is 0 Å². The lowest BCUT2D eigenvalue weighted by Gasteiger charge is -2.38. The predicted molar refractivity (Wildman–Crippen MR) is 80.3 cm³/mol. The first-order valence-corrected chi connectivity index (χ1v) is 8.63. The molecule has 5 heteroatoms. The van der Waals surface area contributed by atoms with Gasteiger partial charge in [0.1, 0.15) is 0 Å². The lowest BCUT2D eigenvalue weighted by Crippen LogP contribution is -2.45. The van der Waals surface area contributed by atoms with Crippen LogP contribution in [0, 0.1) is 23.7 Å². The van der Waals surface area contributed by atoms with E-state index in [1.54, 1.807) is 0 Å². The molecule has 2 rings (SSSR count). The van der Waals surface area contributed by atoms with E-state index in [9.17, 15) is 18.0 Å². The van der Waals surface area contributed by atoms with Crippen molar-refractivity contribution in [3.63, 3.8) is 0 Å². The van der Waals surface area contributed by atoms with Gasteiger partial charge in [0.05, 0.1) is 5.92 Å². The van der Waals surface area contributed by atoms with Crippen LogP contribution >= 0.6 is 0 Å². The van der Waals surface area contributed by atoms with Crippen molar-refractivity contribution >= 4 is 5.91 Å². The molecule has 3 atom stereocenters. The Hall–Kier alpha value is -0.740. The van der Waals surface area contributed by atoms with Crippen molar-refractivity contribution in [3.05, 3.63) is 0 Å². The zero-order valence-corrected chi connectivity index (χ0v) is 13.7. The quantitative estimate of drug-likeness (QED) is 0.742. The van der Waals surface area contributed by atoms with Crippen LogP contribution in [0.25, 0.3) is 0 Å². The van der Waals surface area contributed by atoms with E-state index in [4.69, 9.17) is 0 Å². The van der Waals surface area contributed by atoms with Crippen LogP contribution in [0.5, 0.6) is 0 Å². The fourth-order valence-corrected chi connectivity index (χ4v) is 4.09. The van der Waals surface area contributed by atoms with Crippen LogP contribution in [-0.4, -0.2) is 30.1 Å². The van der Waals surface area contributed by atoms with Crippen molar-refractivity contribution in [1.29, 1.82) is 0 Å². The third kappa shape index (κ3) is 4.63. The van der Waals surface area contributed by atoms with Crippen molar-refractivity contribution in [3.8, 4) is 0 Å². The molecule has 0 aromatic heterocycles. The molecule has 0 radical (unpaired) electrons. The molecule has 1 saturated carbocycles. The molecule has 1 saturated heterocycles. The molecule has 2 nitrogen and oxygen atoms in total. The molecule has 0 aromatic carbocycles. The summed E-state index contributed by atoms with van der Waals surface area (Å²) in [6.45, 7) is 5.82. The number of likely N-dealkylation sites (tertiary alicyclic amines) is 1. The molecule has 1 aliphatic heterocycles. The molecule has 128 valence electrons. The van der Waals surface area contributed by atoms with Crippen molar-refractivity contribution in [2.45, 2.75) is 65.0 Å². The molecule has 1 amide bonds. The average molecular weight is 319 g/mol. The Labute approximate surface area is 131 Å². The maximum absolute atomic E-state index is 12.9. The van der Waals surface area contributed by atoms with Crippen molar-refractivity contribution in [1.82, 2.24) is 4.90 Å². The van der Waals surface area contributed by atoms with Crippen molar-refractivity contribution in [2.24, 2.45) is 23.7 Å². The van der Waals surface area contributed by atoms with Gasteiger partial charge >= 0.3 is 6.18 Å². The molecular weight excluding hydrogens is 291 g/mol. The molecular formula is C17H28F3NO. The zero-order chi connectivity index (χ0) is 16.3.